The molecule has 0 spiro atoms. The minimum absolute atomic E-state index is 0.00223. The van der Waals surface area contributed by atoms with E-state index in [4.69, 9.17) is 0 Å². The monoisotopic (exact) mass is 397 g/mol. The third kappa shape index (κ3) is 6.44. The fourth-order valence-corrected chi connectivity index (χ4v) is 2.94. The number of rotatable bonds is 9. The van der Waals surface area contributed by atoms with E-state index >= 15 is 0 Å². The van der Waals surface area contributed by atoms with Crippen LogP contribution in [0.2, 0.25) is 0 Å². The minimum Gasteiger partial charge on any atom is -0.357 e. The Morgan fingerprint density at radius 3 is 2.14 bits per heavy atom. The van der Waals surface area contributed by atoms with E-state index in [1.54, 1.807) is 35.8 Å². The number of hydrogen-bond donors (Lipinski definition) is 1. The van der Waals surface area contributed by atoms with Gasteiger partial charge in [0, 0.05) is 32.2 Å². The lowest BCUT2D eigenvalue weighted by Gasteiger charge is -2.27. The third-order valence-corrected chi connectivity index (χ3v) is 4.56. The molecule has 0 fully saturated rings. The van der Waals surface area contributed by atoms with Crippen LogP contribution in [-0.2, 0) is 4.79 Å². The van der Waals surface area contributed by atoms with Crippen molar-refractivity contribution in [3.8, 4) is 0 Å². The van der Waals surface area contributed by atoms with Crippen molar-refractivity contribution in [3.63, 3.8) is 0 Å². The number of aliphatic imine (C=N–C) groups is 1. The maximum Gasteiger partial charge on any atom is 0.242 e. The summed E-state index contributed by atoms with van der Waals surface area (Å²) in [6.07, 6.45) is 0. The summed E-state index contributed by atoms with van der Waals surface area (Å²) < 4.78 is 28.5. The van der Waals surface area contributed by atoms with E-state index in [0.29, 0.717) is 25.6 Å². The predicted octanol–water partition coefficient (Wildman–Crippen LogP) is 2.33. The van der Waals surface area contributed by atoms with Crippen LogP contribution >= 0.6 is 0 Å². The van der Waals surface area contributed by atoms with E-state index in [0.717, 1.165) is 0 Å². The zero-order chi connectivity index (χ0) is 21.3. The topological polar surface area (TPSA) is 51.2 Å². The van der Waals surface area contributed by atoms with Crippen LogP contribution in [0.15, 0.2) is 23.2 Å². The van der Waals surface area contributed by atoms with Crippen LogP contribution in [0.1, 0.15) is 32.4 Å². The first-order valence-electron chi connectivity index (χ1n) is 9.64. The van der Waals surface area contributed by atoms with E-state index in [1.165, 1.54) is 18.2 Å². The van der Waals surface area contributed by atoms with E-state index < -0.39 is 17.7 Å². The van der Waals surface area contributed by atoms with E-state index in [9.17, 15) is 13.6 Å². The Hall–Kier alpha value is -2.22. The summed E-state index contributed by atoms with van der Waals surface area (Å²) in [6.45, 7) is 8.03. The lowest BCUT2D eigenvalue weighted by Crippen LogP contribution is -2.46. The number of carbonyl (C=O) groups excluding carboxylic acids is 1. The van der Waals surface area contributed by atoms with Gasteiger partial charge < -0.3 is 20.0 Å². The standard InChI is InChI=1S/C20H33F2N5O/c1-7-23-20(26(6)14-18(28)27(8-2)9-3)24-13-17(25(4)5)19-15(21)11-10-12-16(19)22/h10-12,17H,7-9,13-14H2,1-6H3,(H,23,24). The molecule has 1 rings (SSSR count). The average molecular weight is 398 g/mol. The van der Waals surface area contributed by atoms with Crippen LogP contribution in [0.5, 0.6) is 0 Å². The van der Waals surface area contributed by atoms with Crippen LogP contribution in [0.3, 0.4) is 0 Å². The summed E-state index contributed by atoms with van der Waals surface area (Å²) in [7, 11) is 5.29. The molecular weight excluding hydrogens is 364 g/mol. The first kappa shape index (κ1) is 23.8. The largest absolute Gasteiger partial charge is 0.357 e. The lowest BCUT2D eigenvalue weighted by molar-refractivity contribution is -0.131. The normalized spacial score (nSPS) is 12.8. The number of guanidine groups is 1. The molecule has 158 valence electrons. The molecule has 1 unspecified atom stereocenters. The molecule has 1 N–H and O–H groups in total. The van der Waals surface area contributed by atoms with Gasteiger partial charge in [-0.3, -0.25) is 9.79 Å². The molecule has 0 aliphatic rings. The van der Waals surface area contributed by atoms with Crippen molar-refractivity contribution in [2.45, 2.75) is 26.8 Å². The quantitative estimate of drug-likeness (QED) is 0.513. The van der Waals surface area contributed by atoms with Gasteiger partial charge in [-0.25, -0.2) is 8.78 Å². The number of halogens is 2. The summed E-state index contributed by atoms with van der Waals surface area (Å²) >= 11 is 0. The van der Waals surface area contributed by atoms with Crippen molar-refractivity contribution in [1.82, 2.24) is 20.0 Å². The minimum atomic E-state index is -0.594. The molecule has 0 radical (unpaired) electrons. The molecule has 6 nitrogen and oxygen atoms in total. The molecule has 0 aliphatic carbocycles. The van der Waals surface area contributed by atoms with E-state index in [1.807, 2.05) is 20.8 Å². The van der Waals surface area contributed by atoms with Crippen LogP contribution in [-0.4, -0.2) is 80.4 Å². The first-order chi connectivity index (χ1) is 13.3. The number of hydrogen-bond acceptors (Lipinski definition) is 3. The van der Waals surface area contributed by atoms with Gasteiger partial charge in [0.1, 0.15) is 11.6 Å². The Kier molecular flexibility index (Phi) is 9.85. The Labute approximate surface area is 167 Å². The van der Waals surface area contributed by atoms with Crippen molar-refractivity contribution in [2.24, 2.45) is 4.99 Å². The van der Waals surface area contributed by atoms with Crippen LogP contribution in [0.4, 0.5) is 8.78 Å². The van der Waals surface area contributed by atoms with Crippen molar-refractivity contribution in [1.29, 1.82) is 0 Å². The van der Waals surface area contributed by atoms with Crippen molar-refractivity contribution < 1.29 is 13.6 Å². The molecular formula is C20H33F2N5O. The molecule has 0 heterocycles. The molecule has 1 amide bonds. The molecule has 28 heavy (non-hydrogen) atoms. The zero-order valence-electron chi connectivity index (χ0n) is 17.8. The fraction of sp³-hybridized carbons (Fsp3) is 0.600. The molecule has 8 heteroatoms. The van der Waals surface area contributed by atoms with Gasteiger partial charge in [-0.2, -0.15) is 0 Å². The number of nitrogens with one attached hydrogen (secondary N) is 1. The predicted molar refractivity (Wildman–Crippen MR) is 109 cm³/mol. The van der Waals surface area contributed by atoms with Gasteiger partial charge in [0.25, 0.3) is 0 Å². The van der Waals surface area contributed by atoms with Crippen molar-refractivity contribution >= 4 is 11.9 Å². The second-order valence-electron chi connectivity index (χ2n) is 6.73. The maximum absolute atomic E-state index is 14.2. The third-order valence-electron chi connectivity index (χ3n) is 4.56. The van der Waals surface area contributed by atoms with Gasteiger partial charge in [0.05, 0.1) is 19.1 Å². The molecule has 0 bridgehead atoms. The van der Waals surface area contributed by atoms with Gasteiger partial charge >= 0.3 is 0 Å². The number of likely N-dealkylation sites (N-methyl/N-ethyl adjacent to an activating group) is 3. The molecule has 0 saturated carbocycles. The van der Waals surface area contributed by atoms with Crippen LogP contribution in [0, 0.1) is 11.6 Å². The summed E-state index contributed by atoms with van der Waals surface area (Å²) in [6, 6.07) is 3.28. The molecule has 1 aromatic carbocycles. The van der Waals surface area contributed by atoms with Gasteiger partial charge in [-0.1, -0.05) is 6.07 Å². The highest BCUT2D eigenvalue weighted by molar-refractivity contribution is 5.86. The summed E-state index contributed by atoms with van der Waals surface area (Å²) in [5.41, 5.74) is -0.00558. The molecule has 0 saturated heterocycles. The highest BCUT2D eigenvalue weighted by Gasteiger charge is 2.23. The maximum atomic E-state index is 14.2. The second-order valence-corrected chi connectivity index (χ2v) is 6.73. The highest BCUT2D eigenvalue weighted by atomic mass is 19.1. The number of nitrogens with zero attached hydrogens (tertiary/aromatic N) is 4. The van der Waals surface area contributed by atoms with Gasteiger partial charge in [0.15, 0.2) is 5.96 Å². The SMILES string of the molecule is CCNC(=NCC(c1c(F)cccc1F)N(C)C)N(C)CC(=O)N(CC)CC. The van der Waals surface area contributed by atoms with Crippen LogP contribution < -0.4 is 5.32 Å². The van der Waals surface area contributed by atoms with Crippen molar-refractivity contribution in [3.05, 3.63) is 35.4 Å². The molecule has 0 aromatic heterocycles. The number of amides is 1. The van der Waals surface area contributed by atoms with Crippen LogP contribution in [0.25, 0.3) is 0 Å². The lowest BCUT2D eigenvalue weighted by atomic mass is 10.0. The second kappa shape index (κ2) is 11.6. The molecule has 0 aliphatic heterocycles. The van der Waals surface area contributed by atoms with Gasteiger partial charge in [-0.15, -0.1) is 0 Å². The Balaban J connectivity index is 3.04. The number of carbonyl (C=O) groups is 1. The smallest absolute Gasteiger partial charge is 0.242 e. The summed E-state index contributed by atoms with van der Waals surface area (Å²) in [4.78, 5) is 22.1. The zero-order valence-corrected chi connectivity index (χ0v) is 17.8. The average Bonchev–Trinajstić information content (AvgIpc) is 2.63. The van der Waals surface area contributed by atoms with E-state index in [2.05, 4.69) is 10.3 Å². The van der Waals surface area contributed by atoms with Crippen molar-refractivity contribution in [2.75, 3.05) is 53.9 Å². The Bertz CT molecular complexity index is 642. The summed E-state index contributed by atoms with van der Waals surface area (Å²) in [5.74, 6) is -0.665. The molecule has 1 aromatic rings. The Morgan fingerprint density at radius 1 is 1.11 bits per heavy atom. The molecule has 1 atom stereocenters. The first-order valence-corrected chi connectivity index (χ1v) is 9.64. The Morgan fingerprint density at radius 2 is 1.68 bits per heavy atom. The number of benzene rings is 1. The van der Waals surface area contributed by atoms with E-state index in [-0.39, 0.29) is 24.6 Å². The highest BCUT2D eigenvalue weighted by Crippen LogP contribution is 2.24. The van der Waals surface area contributed by atoms with Gasteiger partial charge in [0.2, 0.25) is 5.91 Å². The fourth-order valence-electron chi connectivity index (χ4n) is 2.94. The summed E-state index contributed by atoms with van der Waals surface area (Å²) in [5, 5.41) is 3.14. The van der Waals surface area contributed by atoms with Gasteiger partial charge in [-0.05, 0) is 47.0 Å².